The maximum Gasteiger partial charge on any atom is 0.365 e. The number of carbonyl (C=O) groups is 1. The summed E-state index contributed by atoms with van der Waals surface area (Å²) in [5, 5.41) is 12.2. The van der Waals surface area contributed by atoms with Crippen molar-refractivity contribution in [2.24, 2.45) is 11.8 Å². The van der Waals surface area contributed by atoms with Crippen molar-refractivity contribution in [3.8, 4) is 5.69 Å². The van der Waals surface area contributed by atoms with Crippen LogP contribution >= 0.6 is 0 Å². The lowest BCUT2D eigenvalue weighted by atomic mass is 9.93. The number of aromatic amines is 1. The number of hydrogen-bond donors (Lipinski definition) is 2. The normalized spacial score (nSPS) is 13.7. The highest BCUT2D eigenvalue weighted by Gasteiger charge is 2.18. The van der Waals surface area contributed by atoms with Gasteiger partial charge in [-0.1, -0.05) is 27.2 Å². The number of aromatic nitrogens is 4. The molecule has 0 aliphatic heterocycles. The average Bonchev–Trinajstić information content (AvgIpc) is 2.92. The molecule has 2 aromatic rings. The van der Waals surface area contributed by atoms with Crippen molar-refractivity contribution in [1.82, 2.24) is 20.2 Å². The van der Waals surface area contributed by atoms with Crippen LogP contribution in [-0.2, 0) is 4.79 Å². The molecule has 0 saturated carbocycles. The van der Waals surface area contributed by atoms with Crippen molar-refractivity contribution in [2.75, 3.05) is 5.32 Å². The average molecular weight is 289 g/mol. The minimum Gasteiger partial charge on any atom is -0.326 e. The summed E-state index contributed by atoms with van der Waals surface area (Å²) in [5.74, 6) is 0.279. The lowest BCUT2D eigenvalue weighted by molar-refractivity contribution is -0.120. The predicted molar refractivity (Wildman–Crippen MR) is 79.2 cm³/mol. The molecule has 1 amide bonds. The van der Waals surface area contributed by atoms with Gasteiger partial charge in [-0.3, -0.25) is 4.79 Å². The molecule has 7 heteroatoms. The first kappa shape index (κ1) is 15.0. The fourth-order valence-corrected chi connectivity index (χ4v) is 1.92. The first-order valence-corrected chi connectivity index (χ1v) is 6.94. The van der Waals surface area contributed by atoms with Gasteiger partial charge in [-0.15, -0.1) is 0 Å². The Morgan fingerprint density at radius 1 is 1.33 bits per heavy atom. The molecule has 2 N–H and O–H groups in total. The van der Waals surface area contributed by atoms with Crippen LogP contribution in [0.2, 0.25) is 0 Å². The van der Waals surface area contributed by atoms with Crippen LogP contribution in [0.25, 0.3) is 5.69 Å². The largest absolute Gasteiger partial charge is 0.365 e. The van der Waals surface area contributed by atoms with Crippen molar-refractivity contribution in [1.29, 1.82) is 0 Å². The van der Waals surface area contributed by atoms with E-state index in [0.29, 0.717) is 17.3 Å². The summed E-state index contributed by atoms with van der Waals surface area (Å²) >= 11 is 0. The Morgan fingerprint density at radius 3 is 2.52 bits per heavy atom. The molecule has 112 valence electrons. The number of nitrogens with zero attached hydrogens (tertiary/aromatic N) is 3. The van der Waals surface area contributed by atoms with Crippen molar-refractivity contribution in [3.63, 3.8) is 0 Å². The highest BCUT2D eigenvalue weighted by molar-refractivity contribution is 5.92. The van der Waals surface area contributed by atoms with Crippen LogP contribution in [0, 0.1) is 11.8 Å². The van der Waals surface area contributed by atoms with Crippen LogP contribution in [0.15, 0.2) is 29.1 Å². The van der Waals surface area contributed by atoms with Crippen LogP contribution in [0.1, 0.15) is 27.2 Å². The van der Waals surface area contributed by atoms with Gasteiger partial charge in [0.1, 0.15) is 0 Å². The third-order valence-electron chi connectivity index (χ3n) is 3.76. The number of amides is 1. The number of benzene rings is 1. The lowest BCUT2D eigenvalue weighted by Gasteiger charge is -2.17. The van der Waals surface area contributed by atoms with E-state index < -0.39 is 5.69 Å². The second kappa shape index (κ2) is 6.34. The molecule has 0 radical (unpaired) electrons. The Labute approximate surface area is 122 Å². The molecule has 2 rings (SSSR count). The van der Waals surface area contributed by atoms with E-state index in [4.69, 9.17) is 0 Å². The smallest absolute Gasteiger partial charge is 0.326 e. The highest BCUT2D eigenvalue weighted by Crippen LogP contribution is 2.18. The quantitative estimate of drug-likeness (QED) is 0.874. The summed E-state index contributed by atoms with van der Waals surface area (Å²) in [7, 11) is 0. The number of nitrogens with one attached hydrogen (secondary N) is 2. The Kier molecular flexibility index (Phi) is 4.52. The molecule has 2 atom stereocenters. The van der Waals surface area contributed by atoms with E-state index in [0.717, 1.165) is 11.1 Å². The molecular weight excluding hydrogens is 270 g/mol. The standard InChI is InChI=1S/C14H19N5O2/c1-4-9(2)10(3)13(20)15-11-5-7-12(8-6-11)19-14(21)16-17-18-19/h5-10H,4H2,1-3H3,(H,15,20)(H,16,18,21)/t9-,10+/m1/s1. The molecule has 0 unspecified atom stereocenters. The summed E-state index contributed by atoms with van der Waals surface area (Å²) in [4.78, 5) is 23.5. The Morgan fingerprint density at radius 2 is 2.00 bits per heavy atom. The van der Waals surface area contributed by atoms with Crippen LogP contribution < -0.4 is 11.0 Å². The van der Waals surface area contributed by atoms with Gasteiger partial charge >= 0.3 is 5.69 Å². The highest BCUT2D eigenvalue weighted by atomic mass is 16.2. The first-order chi connectivity index (χ1) is 10.0. The fourth-order valence-electron chi connectivity index (χ4n) is 1.92. The summed E-state index contributed by atoms with van der Waals surface area (Å²) in [6.45, 7) is 6.05. The molecule has 0 fully saturated rings. The number of carbonyl (C=O) groups excluding carboxylic acids is 1. The number of rotatable bonds is 5. The fraction of sp³-hybridized carbons (Fsp3) is 0.429. The number of hydrogen-bond acceptors (Lipinski definition) is 4. The summed E-state index contributed by atoms with van der Waals surface area (Å²) in [5.41, 5.74) is 0.870. The third kappa shape index (κ3) is 3.36. The molecule has 0 bridgehead atoms. The summed E-state index contributed by atoms with van der Waals surface area (Å²) < 4.78 is 1.15. The van der Waals surface area contributed by atoms with Crippen LogP contribution in [-0.4, -0.2) is 26.1 Å². The number of anilines is 1. The van der Waals surface area contributed by atoms with Gasteiger partial charge in [-0.25, -0.2) is 9.89 Å². The van der Waals surface area contributed by atoms with Gasteiger partial charge in [0.15, 0.2) is 0 Å². The van der Waals surface area contributed by atoms with Gasteiger partial charge in [0.2, 0.25) is 5.91 Å². The molecule has 7 nitrogen and oxygen atoms in total. The molecule has 0 saturated heterocycles. The summed E-state index contributed by atoms with van der Waals surface area (Å²) in [6, 6.07) is 6.87. The molecular formula is C14H19N5O2. The predicted octanol–water partition coefficient (Wildman–Crippen LogP) is 1.58. The van der Waals surface area contributed by atoms with E-state index >= 15 is 0 Å². The molecule has 1 aromatic carbocycles. The topological polar surface area (TPSA) is 92.7 Å². The van der Waals surface area contributed by atoms with E-state index in [-0.39, 0.29) is 11.8 Å². The maximum atomic E-state index is 12.1. The molecule has 0 aliphatic carbocycles. The zero-order valence-electron chi connectivity index (χ0n) is 12.3. The monoisotopic (exact) mass is 289 g/mol. The molecule has 1 aromatic heterocycles. The van der Waals surface area contributed by atoms with Crippen molar-refractivity contribution in [3.05, 3.63) is 34.7 Å². The Hall–Kier alpha value is -2.44. The zero-order chi connectivity index (χ0) is 15.4. The van der Waals surface area contributed by atoms with E-state index in [1.165, 1.54) is 0 Å². The lowest BCUT2D eigenvalue weighted by Crippen LogP contribution is -2.25. The van der Waals surface area contributed by atoms with Crippen LogP contribution in [0.5, 0.6) is 0 Å². The van der Waals surface area contributed by atoms with E-state index in [1.54, 1.807) is 24.3 Å². The van der Waals surface area contributed by atoms with Gasteiger partial charge in [-0.05, 0) is 40.6 Å². The van der Waals surface area contributed by atoms with Gasteiger partial charge in [0.05, 0.1) is 5.69 Å². The van der Waals surface area contributed by atoms with Crippen molar-refractivity contribution in [2.45, 2.75) is 27.2 Å². The Bertz CT molecular complexity index is 659. The van der Waals surface area contributed by atoms with Gasteiger partial charge < -0.3 is 5.32 Å². The minimum atomic E-state index is -0.405. The second-order valence-electron chi connectivity index (χ2n) is 5.13. The van der Waals surface area contributed by atoms with E-state index in [9.17, 15) is 9.59 Å². The van der Waals surface area contributed by atoms with E-state index in [2.05, 4.69) is 34.7 Å². The second-order valence-corrected chi connectivity index (χ2v) is 5.13. The molecule has 0 spiro atoms. The molecule has 1 heterocycles. The first-order valence-electron chi connectivity index (χ1n) is 6.94. The SMILES string of the molecule is CC[C@@H](C)[C@H](C)C(=O)Nc1ccc(-n2nn[nH]c2=O)cc1. The minimum absolute atomic E-state index is 0.00398. The van der Waals surface area contributed by atoms with Gasteiger partial charge in [0.25, 0.3) is 0 Å². The van der Waals surface area contributed by atoms with Gasteiger partial charge in [0, 0.05) is 11.6 Å². The third-order valence-corrected chi connectivity index (χ3v) is 3.76. The maximum absolute atomic E-state index is 12.1. The van der Waals surface area contributed by atoms with Crippen LogP contribution in [0.3, 0.4) is 0 Å². The van der Waals surface area contributed by atoms with Crippen LogP contribution in [0.4, 0.5) is 5.69 Å². The van der Waals surface area contributed by atoms with Crippen molar-refractivity contribution < 1.29 is 4.79 Å². The summed E-state index contributed by atoms with van der Waals surface area (Å²) in [6.07, 6.45) is 0.961. The Balaban J connectivity index is 2.08. The van der Waals surface area contributed by atoms with Gasteiger partial charge in [-0.2, -0.15) is 4.68 Å². The van der Waals surface area contributed by atoms with Crippen molar-refractivity contribution >= 4 is 11.6 Å². The number of H-pyrrole nitrogens is 1. The number of tetrazole rings is 1. The zero-order valence-corrected chi connectivity index (χ0v) is 12.3. The molecule has 0 aliphatic rings. The molecule has 21 heavy (non-hydrogen) atoms. The van der Waals surface area contributed by atoms with E-state index in [1.807, 2.05) is 6.92 Å².